The van der Waals surface area contributed by atoms with E-state index in [-0.39, 0.29) is 6.42 Å². The van der Waals surface area contributed by atoms with Crippen LogP contribution in [0.3, 0.4) is 0 Å². The van der Waals surface area contributed by atoms with Crippen LogP contribution in [0.25, 0.3) is 0 Å². The number of hydrogen-bond donors (Lipinski definition) is 1. The topological polar surface area (TPSA) is 66.5 Å². The molecule has 1 heterocycles. The molecule has 0 saturated carbocycles. The molecule has 42 heavy (non-hydrogen) atoms. The van der Waals surface area contributed by atoms with E-state index in [9.17, 15) is 14.4 Å². The second kappa shape index (κ2) is 9.55. The van der Waals surface area contributed by atoms with Crippen LogP contribution in [0, 0.1) is 25.7 Å². The average Bonchev–Trinajstić information content (AvgIpc) is 3.27. The van der Waals surface area contributed by atoms with Crippen LogP contribution >= 0.6 is 23.2 Å². The summed E-state index contributed by atoms with van der Waals surface area (Å²) < 4.78 is 0. The van der Waals surface area contributed by atoms with Crippen molar-refractivity contribution in [1.82, 2.24) is 4.90 Å². The van der Waals surface area contributed by atoms with Crippen LogP contribution < -0.4 is 5.32 Å². The zero-order valence-corrected chi connectivity index (χ0v) is 24.6. The number of carbonyl (C=O) groups excluding carboxylic acids is 3. The van der Waals surface area contributed by atoms with Crippen LogP contribution in [0.4, 0.5) is 5.69 Å². The minimum Gasteiger partial charge on any atom is -0.324 e. The van der Waals surface area contributed by atoms with Gasteiger partial charge in [-0.2, -0.15) is 0 Å². The van der Waals surface area contributed by atoms with Gasteiger partial charge in [0.15, 0.2) is 0 Å². The maximum atomic E-state index is 14.6. The average molecular weight is 596 g/mol. The fraction of sp³-hybridized carbons (Fsp3) is 0.229. The summed E-state index contributed by atoms with van der Waals surface area (Å²) in [6.45, 7) is 3.85. The van der Waals surface area contributed by atoms with Crippen LogP contribution in [0.5, 0.6) is 0 Å². The molecule has 2 bridgehead atoms. The van der Waals surface area contributed by atoms with Gasteiger partial charge in [-0.15, -0.1) is 23.2 Å². The van der Waals surface area contributed by atoms with Gasteiger partial charge in [-0.1, -0.05) is 91.0 Å². The predicted octanol–water partition coefficient (Wildman–Crippen LogP) is 6.45. The van der Waals surface area contributed by atoms with E-state index in [1.165, 1.54) is 0 Å². The van der Waals surface area contributed by atoms with Gasteiger partial charge in [0.2, 0.25) is 17.7 Å². The highest BCUT2D eigenvalue weighted by molar-refractivity contribution is 6.36. The van der Waals surface area contributed by atoms with E-state index in [2.05, 4.69) is 5.32 Å². The quantitative estimate of drug-likeness (QED) is 0.213. The first-order valence-corrected chi connectivity index (χ1v) is 14.8. The van der Waals surface area contributed by atoms with Crippen molar-refractivity contribution in [2.45, 2.75) is 36.1 Å². The summed E-state index contributed by atoms with van der Waals surface area (Å²) in [5, 5.41) is 3.01. The smallest absolute Gasteiger partial charge is 0.248 e. The Balaban J connectivity index is 1.37. The molecule has 4 aliphatic rings. The van der Waals surface area contributed by atoms with Gasteiger partial charge in [-0.05, 0) is 58.9 Å². The maximum absolute atomic E-state index is 14.6. The van der Waals surface area contributed by atoms with Gasteiger partial charge in [0, 0.05) is 12.1 Å². The van der Waals surface area contributed by atoms with Crippen LogP contribution in [0.2, 0.25) is 0 Å². The molecule has 1 N–H and O–H groups in total. The summed E-state index contributed by atoms with van der Waals surface area (Å²) in [6.07, 6.45) is 0.152. The number of anilines is 1. The van der Waals surface area contributed by atoms with Crippen molar-refractivity contribution in [3.63, 3.8) is 0 Å². The molecule has 1 saturated heterocycles. The summed E-state index contributed by atoms with van der Waals surface area (Å²) in [5.41, 5.74) is 6.22. The highest BCUT2D eigenvalue weighted by Crippen LogP contribution is 2.69. The molecule has 8 rings (SSSR count). The normalized spacial score (nSPS) is 26.0. The summed E-state index contributed by atoms with van der Waals surface area (Å²) in [5.74, 6) is -3.35. The molecule has 0 spiro atoms. The Morgan fingerprint density at radius 1 is 0.762 bits per heavy atom. The Morgan fingerprint density at radius 2 is 1.24 bits per heavy atom. The molecule has 0 unspecified atom stereocenters. The van der Waals surface area contributed by atoms with E-state index in [1.807, 2.05) is 111 Å². The molecule has 4 aromatic carbocycles. The standard InChI is InChI=1S/C35H28Cl2N2O3/c1-20-16-17-21(2)27(18-20)38-31(40)28(19-22-10-4-3-5-11-22)39-32(41)29-30(33(39)42)35(37)24-13-7-6-12-23(24)34(29,36)25-14-8-9-15-26(25)35/h3-18,28-30H,19H2,1-2H3,(H,38,40)/t28-,29-,30-,34?,35?/m0/s1. The monoisotopic (exact) mass is 594 g/mol. The van der Waals surface area contributed by atoms with Crippen LogP contribution in [-0.2, 0) is 30.6 Å². The molecule has 7 heteroatoms. The highest BCUT2D eigenvalue weighted by Gasteiger charge is 2.73. The molecule has 3 amide bonds. The molecule has 0 radical (unpaired) electrons. The zero-order valence-electron chi connectivity index (χ0n) is 23.1. The Hall–Kier alpha value is -3.93. The van der Waals surface area contributed by atoms with E-state index in [1.54, 1.807) is 0 Å². The Morgan fingerprint density at radius 3 is 1.74 bits per heavy atom. The minimum absolute atomic E-state index is 0.152. The third kappa shape index (κ3) is 3.60. The predicted molar refractivity (Wildman–Crippen MR) is 163 cm³/mol. The number of alkyl halides is 2. The molecule has 210 valence electrons. The van der Waals surface area contributed by atoms with E-state index in [4.69, 9.17) is 23.2 Å². The number of amides is 3. The molecule has 3 atom stereocenters. The molecular formula is C35H28Cl2N2O3. The Kier molecular flexibility index (Phi) is 6.12. The fourth-order valence-electron chi connectivity index (χ4n) is 7.22. The number of benzene rings is 4. The van der Waals surface area contributed by atoms with E-state index in [0.717, 1.165) is 43.8 Å². The fourth-order valence-corrected chi connectivity index (χ4v) is 8.32. The zero-order chi connectivity index (χ0) is 29.4. The molecule has 5 nitrogen and oxygen atoms in total. The first-order valence-electron chi connectivity index (χ1n) is 14.0. The molecule has 3 aliphatic carbocycles. The van der Waals surface area contributed by atoms with E-state index < -0.39 is 45.3 Å². The van der Waals surface area contributed by atoms with Gasteiger partial charge in [-0.25, -0.2) is 0 Å². The number of carbonyl (C=O) groups is 3. The van der Waals surface area contributed by atoms with E-state index in [0.29, 0.717) is 5.69 Å². The number of hydrogen-bond acceptors (Lipinski definition) is 3. The van der Waals surface area contributed by atoms with Crippen LogP contribution in [0.1, 0.15) is 38.9 Å². The van der Waals surface area contributed by atoms with Crippen molar-refractivity contribution in [2.75, 3.05) is 5.32 Å². The van der Waals surface area contributed by atoms with Crippen LogP contribution in [0.15, 0.2) is 97.1 Å². The van der Waals surface area contributed by atoms with Crippen molar-refractivity contribution >= 4 is 46.6 Å². The van der Waals surface area contributed by atoms with Gasteiger partial charge in [0.05, 0.1) is 11.8 Å². The van der Waals surface area contributed by atoms with Gasteiger partial charge < -0.3 is 5.32 Å². The highest BCUT2D eigenvalue weighted by atomic mass is 35.5. The lowest BCUT2D eigenvalue weighted by Crippen LogP contribution is -2.57. The van der Waals surface area contributed by atoms with Crippen molar-refractivity contribution < 1.29 is 14.4 Å². The first kappa shape index (κ1) is 26.9. The number of halogens is 2. The summed E-state index contributed by atoms with van der Waals surface area (Å²) in [6, 6.07) is 29.1. The molecule has 4 aromatic rings. The van der Waals surface area contributed by atoms with E-state index >= 15 is 0 Å². The van der Waals surface area contributed by atoms with Crippen molar-refractivity contribution in [3.05, 3.63) is 136 Å². The number of aryl methyl sites for hydroxylation is 2. The second-order valence-electron chi connectivity index (χ2n) is 11.5. The lowest BCUT2D eigenvalue weighted by atomic mass is 9.54. The van der Waals surface area contributed by atoms with Crippen molar-refractivity contribution in [2.24, 2.45) is 11.8 Å². The van der Waals surface area contributed by atoms with Crippen LogP contribution in [-0.4, -0.2) is 28.7 Å². The number of nitrogens with zero attached hydrogens (tertiary/aromatic N) is 1. The summed E-state index contributed by atoms with van der Waals surface area (Å²) >= 11 is 15.2. The maximum Gasteiger partial charge on any atom is 0.248 e. The lowest BCUT2D eigenvalue weighted by Gasteiger charge is -2.54. The molecule has 0 aromatic heterocycles. The Labute approximate surface area is 254 Å². The van der Waals surface area contributed by atoms with Gasteiger partial charge in [-0.3, -0.25) is 19.3 Å². The Bertz CT molecular complexity index is 1660. The van der Waals surface area contributed by atoms with Gasteiger partial charge in [0.1, 0.15) is 15.8 Å². The minimum atomic E-state index is -1.31. The number of nitrogens with one attached hydrogen (secondary N) is 1. The number of imide groups is 1. The van der Waals surface area contributed by atoms with Gasteiger partial charge in [0.25, 0.3) is 0 Å². The molecule has 1 fully saturated rings. The second-order valence-corrected chi connectivity index (χ2v) is 12.7. The largest absolute Gasteiger partial charge is 0.324 e. The molecule has 1 aliphatic heterocycles. The SMILES string of the molecule is Cc1ccc(C)c(NC(=O)[C@H](Cc2ccccc2)N2C(=O)[C@@H]3[C@@H](C2=O)C2(Cl)c4ccccc4C3(Cl)c3ccccc32)c1. The van der Waals surface area contributed by atoms with Crippen molar-refractivity contribution in [1.29, 1.82) is 0 Å². The summed E-state index contributed by atoms with van der Waals surface area (Å²) in [7, 11) is 0. The summed E-state index contributed by atoms with van der Waals surface area (Å²) in [4.78, 5) is 41.8. The van der Waals surface area contributed by atoms with Crippen molar-refractivity contribution in [3.8, 4) is 0 Å². The molecular weight excluding hydrogens is 567 g/mol. The first-order chi connectivity index (χ1) is 20.2. The van der Waals surface area contributed by atoms with Gasteiger partial charge >= 0.3 is 0 Å². The number of rotatable bonds is 5. The third-order valence-electron chi connectivity index (χ3n) is 9.16. The number of likely N-dealkylation sites (tertiary alicyclic amines) is 1. The lowest BCUT2D eigenvalue weighted by molar-refractivity contribution is -0.146. The third-order valence-corrected chi connectivity index (χ3v) is 10.4.